The van der Waals surface area contributed by atoms with Crippen LogP contribution in [-0.4, -0.2) is 85.9 Å². The van der Waals surface area contributed by atoms with Crippen LogP contribution in [-0.2, 0) is 9.53 Å². The zero-order chi connectivity index (χ0) is 24.4. The number of nitrogens with one attached hydrogen (secondary N) is 3. The van der Waals surface area contributed by atoms with E-state index in [0.29, 0.717) is 12.5 Å². The smallest absolute Gasteiger partial charge is 0.227 e. The van der Waals surface area contributed by atoms with Crippen molar-refractivity contribution in [1.29, 1.82) is 0 Å². The summed E-state index contributed by atoms with van der Waals surface area (Å²) in [6, 6.07) is -0.131. The first-order chi connectivity index (χ1) is 16.9. The van der Waals surface area contributed by atoms with Gasteiger partial charge in [-0.25, -0.2) is 0 Å². The fourth-order valence-corrected chi connectivity index (χ4v) is 7.85. The number of alkyl halides is 1. The molecule has 7 N–H and O–H groups in total. The fraction of sp³-hybridized carbons (Fsp3) is 0.962. The quantitative estimate of drug-likeness (QED) is 0.268. The normalized spacial score (nSPS) is 40.4. The number of halogens is 1. The summed E-state index contributed by atoms with van der Waals surface area (Å²) in [5, 5.41) is 10.5. The molecule has 1 aliphatic carbocycles. The van der Waals surface area contributed by atoms with Crippen LogP contribution in [0.2, 0.25) is 0 Å². The zero-order valence-corrected chi connectivity index (χ0v) is 22.0. The molecule has 5 rings (SSSR count). The van der Waals surface area contributed by atoms with Crippen LogP contribution in [0.3, 0.4) is 0 Å². The number of hydrogen-bond donors (Lipinski definition) is 5. The van der Waals surface area contributed by atoms with Gasteiger partial charge in [-0.2, -0.15) is 0 Å². The standard InChI is InChI=1S/C26H47ClN6O2/c27-18-4-9-26(7-2-1-3-8-26)12-19(31-13-18)23(24(28)29)25(34)32-20-14-30-10-5-21(20)35-22-16-33-11-6-17(22)15-33/h17-24,30-31H,1-16,28-29H2,(H,32,34). The molecule has 0 radical (unpaired) electrons. The van der Waals surface area contributed by atoms with Gasteiger partial charge in [-0.1, -0.05) is 19.3 Å². The largest absolute Gasteiger partial charge is 0.371 e. The predicted octanol–water partition coefficient (Wildman–Crippen LogP) is 1.11. The molecule has 4 aliphatic heterocycles. The van der Waals surface area contributed by atoms with Crippen molar-refractivity contribution in [2.24, 2.45) is 28.7 Å². The second-order valence-electron chi connectivity index (χ2n) is 12.1. The summed E-state index contributed by atoms with van der Waals surface area (Å²) in [6.45, 7) is 5.71. The molecule has 35 heavy (non-hydrogen) atoms. The Morgan fingerprint density at radius 1 is 1.06 bits per heavy atom. The highest BCUT2D eigenvalue weighted by Crippen LogP contribution is 2.46. The Labute approximate surface area is 216 Å². The van der Waals surface area contributed by atoms with E-state index in [9.17, 15) is 4.79 Å². The van der Waals surface area contributed by atoms with Gasteiger partial charge in [0.2, 0.25) is 5.91 Å². The summed E-state index contributed by atoms with van der Waals surface area (Å²) in [4.78, 5) is 16.3. The molecule has 200 valence electrons. The van der Waals surface area contributed by atoms with Crippen molar-refractivity contribution in [2.45, 2.75) is 100 Å². The predicted molar refractivity (Wildman–Crippen MR) is 139 cm³/mol. The fourth-order valence-electron chi connectivity index (χ4n) is 7.65. The molecular formula is C26H47ClN6O2. The van der Waals surface area contributed by atoms with Crippen LogP contribution < -0.4 is 27.4 Å². The van der Waals surface area contributed by atoms with Crippen molar-refractivity contribution in [3.05, 3.63) is 0 Å². The molecule has 8 unspecified atom stereocenters. The molecule has 8 atom stereocenters. The van der Waals surface area contributed by atoms with Gasteiger partial charge >= 0.3 is 0 Å². The number of hydrogen-bond acceptors (Lipinski definition) is 7. The maximum Gasteiger partial charge on any atom is 0.227 e. The summed E-state index contributed by atoms with van der Waals surface area (Å²) in [6.07, 6.45) is 11.1. The van der Waals surface area contributed by atoms with Gasteiger partial charge in [-0.15, -0.1) is 11.6 Å². The summed E-state index contributed by atoms with van der Waals surface area (Å²) >= 11 is 6.65. The first-order valence-electron chi connectivity index (χ1n) is 14.2. The lowest BCUT2D eigenvalue weighted by Gasteiger charge is -2.45. The van der Waals surface area contributed by atoms with E-state index in [1.807, 2.05) is 0 Å². The van der Waals surface area contributed by atoms with Gasteiger partial charge in [0.15, 0.2) is 0 Å². The molecule has 4 heterocycles. The SMILES string of the molecule is NC(N)C(C(=O)NC1CNCCC1OC1CN2CCC1C2)C1CC2(CCCCC2)CCC(Cl)CN1. The van der Waals surface area contributed by atoms with Gasteiger partial charge in [0.1, 0.15) is 0 Å². The molecular weight excluding hydrogens is 464 g/mol. The van der Waals surface area contributed by atoms with Crippen LogP contribution in [0, 0.1) is 17.3 Å². The lowest BCUT2D eigenvalue weighted by Crippen LogP contribution is -2.62. The van der Waals surface area contributed by atoms with Gasteiger partial charge in [0, 0.05) is 43.5 Å². The lowest BCUT2D eigenvalue weighted by atomic mass is 9.65. The van der Waals surface area contributed by atoms with Crippen molar-refractivity contribution >= 4 is 17.5 Å². The first-order valence-corrected chi connectivity index (χ1v) is 14.6. The van der Waals surface area contributed by atoms with E-state index in [2.05, 4.69) is 20.9 Å². The molecule has 4 saturated heterocycles. The van der Waals surface area contributed by atoms with Gasteiger partial charge in [0.05, 0.1) is 30.3 Å². The molecule has 0 aromatic rings. The van der Waals surface area contributed by atoms with Crippen LogP contribution >= 0.6 is 11.6 Å². The van der Waals surface area contributed by atoms with Crippen LogP contribution in [0.1, 0.15) is 64.2 Å². The maximum absolute atomic E-state index is 13.8. The average Bonchev–Trinajstić information content (AvgIpc) is 3.46. The molecule has 9 heteroatoms. The van der Waals surface area contributed by atoms with Crippen LogP contribution in [0.25, 0.3) is 0 Å². The summed E-state index contributed by atoms with van der Waals surface area (Å²) in [5.41, 5.74) is 12.9. The number of carbonyl (C=O) groups excluding carboxylic acids is 1. The third-order valence-electron chi connectivity index (χ3n) is 9.68. The van der Waals surface area contributed by atoms with E-state index in [0.717, 1.165) is 51.9 Å². The second kappa shape index (κ2) is 11.5. The number of nitrogens with zero attached hydrogens (tertiary/aromatic N) is 1. The highest BCUT2D eigenvalue weighted by Gasteiger charge is 2.44. The minimum Gasteiger partial charge on any atom is -0.371 e. The van der Waals surface area contributed by atoms with Crippen molar-refractivity contribution in [3.63, 3.8) is 0 Å². The number of amides is 1. The summed E-state index contributed by atoms with van der Waals surface area (Å²) in [7, 11) is 0. The molecule has 0 aromatic heterocycles. The van der Waals surface area contributed by atoms with Gasteiger partial charge in [-0.3, -0.25) is 4.79 Å². The van der Waals surface area contributed by atoms with E-state index >= 15 is 0 Å². The highest BCUT2D eigenvalue weighted by atomic mass is 35.5. The third-order valence-corrected chi connectivity index (χ3v) is 10.0. The summed E-state index contributed by atoms with van der Waals surface area (Å²) in [5.74, 6) is 0.0989. The van der Waals surface area contributed by atoms with Gasteiger partial charge in [-0.05, 0) is 63.5 Å². The number of rotatable bonds is 6. The van der Waals surface area contributed by atoms with Gasteiger partial charge in [0.25, 0.3) is 0 Å². The number of fused-ring (bicyclic) bond motifs is 2. The van der Waals surface area contributed by atoms with E-state index in [1.54, 1.807) is 0 Å². The molecule has 5 fully saturated rings. The van der Waals surface area contributed by atoms with E-state index in [4.69, 9.17) is 27.8 Å². The maximum atomic E-state index is 13.8. The molecule has 1 amide bonds. The number of piperidine rings is 2. The van der Waals surface area contributed by atoms with Crippen molar-refractivity contribution in [3.8, 4) is 0 Å². The minimum absolute atomic E-state index is 0.0302. The van der Waals surface area contributed by atoms with Crippen LogP contribution in [0.4, 0.5) is 0 Å². The van der Waals surface area contributed by atoms with E-state index in [-0.39, 0.29) is 41.0 Å². The Hall–Kier alpha value is -0.480. The molecule has 5 aliphatic rings. The average molecular weight is 511 g/mol. The Balaban J connectivity index is 1.26. The molecule has 2 bridgehead atoms. The lowest BCUT2D eigenvalue weighted by molar-refractivity contribution is -0.130. The van der Waals surface area contributed by atoms with E-state index in [1.165, 1.54) is 45.1 Å². The number of carbonyl (C=O) groups is 1. The summed E-state index contributed by atoms with van der Waals surface area (Å²) < 4.78 is 6.63. The number of ether oxygens (including phenoxy) is 1. The Kier molecular flexibility index (Phi) is 8.59. The molecule has 1 saturated carbocycles. The number of nitrogens with two attached hydrogens (primary N) is 2. The Morgan fingerprint density at radius 3 is 2.60 bits per heavy atom. The van der Waals surface area contributed by atoms with Crippen molar-refractivity contribution < 1.29 is 9.53 Å². The van der Waals surface area contributed by atoms with Crippen molar-refractivity contribution in [1.82, 2.24) is 20.9 Å². The molecule has 8 nitrogen and oxygen atoms in total. The van der Waals surface area contributed by atoms with Crippen molar-refractivity contribution in [2.75, 3.05) is 39.3 Å². The van der Waals surface area contributed by atoms with Crippen LogP contribution in [0.15, 0.2) is 0 Å². The first kappa shape index (κ1) is 26.1. The Morgan fingerprint density at radius 2 is 1.89 bits per heavy atom. The monoisotopic (exact) mass is 510 g/mol. The molecule has 0 aromatic carbocycles. The minimum atomic E-state index is -0.726. The van der Waals surface area contributed by atoms with Gasteiger partial charge < -0.3 is 37.1 Å². The molecule has 1 spiro atoms. The highest BCUT2D eigenvalue weighted by molar-refractivity contribution is 6.20. The van der Waals surface area contributed by atoms with Crippen LogP contribution in [0.5, 0.6) is 0 Å². The Bertz CT molecular complexity index is 720. The second-order valence-corrected chi connectivity index (χ2v) is 12.8. The van der Waals surface area contributed by atoms with E-state index < -0.39 is 12.1 Å². The third kappa shape index (κ3) is 6.16. The topological polar surface area (TPSA) is 118 Å². The zero-order valence-electron chi connectivity index (χ0n) is 21.2.